The lowest BCUT2D eigenvalue weighted by atomic mass is 10.1. The molecule has 0 saturated carbocycles. The molecule has 2 rings (SSSR count). The second-order valence-electron chi connectivity index (χ2n) is 3.85. The second-order valence-corrected chi connectivity index (χ2v) is 3.85. The van der Waals surface area contributed by atoms with Crippen molar-refractivity contribution in [1.82, 2.24) is 9.55 Å². The van der Waals surface area contributed by atoms with Crippen LogP contribution in [0.5, 0.6) is 0 Å². The molecule has 0 spiro atoms. The summed E-state index contributed by atoms with van der Waals surface area (Å²) in [5, 5.41) is 19.2. The molecule has 1 aromatic rings. The van der Waals surface area contributed by atoms with E-state index in [1.807, 2.05) is 4.98 Å². The van der Waals surface area contributed by atoms with Crippen LogP contribution in [0.1, 0.15) is 6.23 Å². The zero-order valence-corrected chi connectivity index (χ0v) is 9.02. The third-order valence-electron chi connectivity index (χ3n) is 2.64. The maximum Gasteiger partial charge on any atom is 0.330 e. The molecule has 2 heterocycles. The smallest absolute Gasteiger partial charge is 0.330 e. The number of aliphatic hydroxyl groups excluding tert-OH is 2. The van der Waals surface area contributed by atoms with E-state index >= 15 is 0 Å². The lowest BCUT2D eigenvalue weighted by Crippen LogP contribution is -2.40. The number of hydrogen-bond donors (Lipinski definition) is 4. The second kappa shape index (κ2) is 4.37. The van der Waals surface area contributed by atoms with Crippen LogP contribution in [0, 0.1) is 0 Å². The number of nitrogens with two attached hydrogens (primary N) is 1. The topological polar surface area (TPSA) is 148 Å². The Kier molecular flexibility index (Phi) is 3.03. The number of ether oxygens (including phenoxy) is 1. The molecule has 1 saturated heterocycles. The standard InChI is InChI=1S/C9H11N3O6/c10-7(16)6-4(14)5(15)8(18-6)12-2-1-3(13)11-9(12)17/h1-2,4-6,8,14-15H,(H2,10,16)(H,11,13,17)/t4-,5+,6-,8+/m0/s1. The number of nitrogens with zero attached hydrogens (tertiary/aromatic N) is 1. The summed E-state index contributed by atoms with van der Waals surface area (Å²) in [4.78, 5) is 35.3. The molecule has 98 valence electrons. The summed E-state index contributed by atoms with van der Waals surface area (Å²) >= 11 is 0. The number of carbonyl (C=O) groups is 1. The van der Waals surface area contributed by atoms with Crippen LogP contribution in [0.4, 0.5) is 0 Å². The summed E-state index contributed by atoms with van der Waals surface area (Å²) in [5.74, 6) is -0.957. The molecule has 1 aromatic heterocycles. The number of hydrogen-bond acceptors (Lipinski definition) is 6. The van der Waals surface area contributed by atoms with Crippen LogP contribution in [-0.4, -0.2) is 44.0 Å². The summed E-state index contributed by atoms with van der Waals surface area (Å²) in [6, 6.07) is 1.04. The molecule has 9 nitrogen and oxygen atoms in total. The number of rotatable bonds is 2. The van der Waals surface area contributed by atoms with E-state index in [9.17, 15) is 24.6 Å². The number of carbonyl (C=O) groups excluding carboxylic acids is 1. The van der Waals surface area contributed by atoms with Gasteiger partial charge in [0.25, 0.3) is 5.56 Å². The van der Waals surface area contributed by atoms with Crippen molar-refractivity contribution >= 4 is 5.91 Å². The lowest BCUT2D eigenvalue weighted by molar-refractivity contribution is -0.134. The maximum atomic E-state index is 11.5. The first kappa shape index (κ1) is 12.5. The van der Waals surface area contributed by atoms with E-state index in [2.05, 4.69) is 0 Å². The van der Waals surface area contributed by atoms with Crippen LogP contribution in [-0.2, 0) is 9.53 Å². The van der Waals surface area contributed by atoms with E-state index in [1.54, 1.807) is 0 Å². The lowest BCUT2D eigenvalue weighted by Gasteiger charge is -2.16. The van der Waals surface area contributed by atoms with Crippen molar-refractivity contribution in [2.75, 3.05) is 0 Å². The molecule has 1 aliphatic rings. The number of nitrogens with one attached hydrogen (secondary N) is 1. The van der Waals surface area contributed by atoms with Crippen molar-refractivity contribution in [1.29, 1.82) is 0 Å². The van der Waals surface area contributed by atoms with Gasteiger partial charge in [-0.3, -0.25) is 19.1 Å². The Hall–Kier alpha value is -1.97. The summed E-state index contributed by atoms with van der Waals surface area (Å²) in [6.07, 6.45) is -4.66. The molecule has 1 amide bonds. The Morgan fingerprint density at radius 1 is 1.39 bits per heavy atom. The van der Waals surface area contributed by atoms with Crippen molar-refractivity contribution < 1.29 is 19.7 Å². The monoisotopic (exact) mass is 257 g/mol. The fourth-order valence-corrected chi connectivity index (χ4v) is 1.75. The molecule has 1 fully saturated rings. The van der Waals surface area contributed by atoms with E-state index in [1.165, 1.54) is 0 Å². The van der Waals surface area contributed by atoms with Crippen LogP contribution in [0.25, 0.3) is 0 Å². The number of aromatic nitrogens is 2. The molecule has 0 bridgehead atoms. The van der Waals surface area contributed by atoms with Crippen molar-refractivity contribution in [3.8, 4) is 0 Å². The highest BCUT2D eigenvalue weighted by atomic mass is 16.6. The summed E-state index contributed by atoms with van der Waals surface area (Å²) < 4.78 is 5.88. The van der Waals surface area contributed by atoms with Gasteiger partial charge in [0.15, 0.2) is 12.3 Å². The van der Waals surface area contributed by atoms with E-state index in [4.69, 9.17) is 10.5 Å². The van der Waals surface area contributed by atoms with Gasteiger partial charge in [-0.25, -0.2) is 4.79 Å². The van der Waals surface area contributed by atoms with Gasteiger partial charge in [-0.1, -0.05) is 0 Å². The van der Waals surface area contributed by atoms with Gasteiger partial charge < -0.3 is 20.7 Å². The highest BCUT2D eigenvalue weighted by Gasteiger charge is 2.46. The minimum atomic E-state index is -1.54. The quantitative estimate of drug-likeness (QED) is 0.435. The van der Waals surface area contributed by atoms with Crippen LogP contribution in [0.15, 0.2) is 21.9 Å². The van der Waals surface area contributed by atoms with Gasteiger partial charge in [0.2, 0.25) is 5.91 Å². The third kappa shape index (κ3) is 1.94. The normalized spacial score (nSPS) is 31.4. The minimum Gasteiger partial charge on any atom is -0.387 e. The highest BCUT2D eigenvalue weighted by Crippen LogP contribution is 2.27. The van der Waals surface area contributed by atoms with Gasteiger partial charge in [-0.05, 0) is 0 Å². The number of aromatic amines is 1. The fraction of sp³-hybridized carbons (Fsp3) is 0.444. The number of H-pyrrole nitrogens is 1. The maximum absolute atomic E-state index is 11.5. The molecule has 0 aliphatic carbocycles. The van der Waals surface area contributed by atoms with Gasteiger partial charge in [0, 0.05) is 12.3 Å². The van der Waals surface area contributed by atoms with Crippen LogP contribution < -0.4 is 17.0 Å². The molecular formula is C9H11N3O6. The van der Waals surface area contributed by atoms with Gasteiger partial charge in [0.1, 0.15) is 12.2 Å². The molecular weight excluding hydrogens is 246 g/mol. The van der Waals surface area contributed by atoms with Gasteiger partial charge in [-0.2, -0.15) is 0 Å². The van der Waals surface area contributed by atoms with Crippen molar-refractivity contribution in [3.63, 3.8) is 0 Å². The van der Waals surface area contributed by atoms with Crippen LogP contribution >= 0.6 is 0 Å². The van der Waals surface area contributed by atoms with E-state index in [-0.39, 0.29) is 0 Å². The number of amides is 1. The molecule has 0 aromatic carbocycles. The summed E-state index contributed by atoms with van der Waals surface area (Å²) in [5.41, 5.74) is 3.53. The van der Waals surface area contributed by atoms with E-state index < -0.39 is 41.7 Å². The van der Waals surface area contributed by atoms with Crippen LogP contribution in [0.3, 0.4) is 0 Å². The minimum absolute atomic E-state index is 0.615. The summed E-state index contributed by atoms with van der Waals surface area (Å²) in [7, 11) is 0. The molecule has 0 radical (unpaired) electrons. The molecule has 18 heavy (non-hydrogen) atoms. The van der Waals surface area contributed by atoms with Crippen LogP contribution in [0.2, 0.25) is 0 Å². The number of aliphatic hydroxyl groups is 2. The molecule has 1 aliphatic heterocycles. The Morgan fingerprint density at radius 2 is 2.06 bits per heavy atom. The first-order chi connectivity index (χ1) is 8.41. The van der Waals surface area contributed by atoms with Gasteiger partial charge >= 0.3 is 5.69 Å². The zero-order chi connectivity index (χ0) is 13.4. The highest BCUT2D eigenvalue weighted by molar-refractivity contribution is 5.80. The predicted octanol–water partition coefficient (Wildman–Crippen LogP) is -3.36. The number of primary amides is 1. The Bertz CT molecular complexity index is 578. The fourth-order valence-electron chi connectivity index (χ4n) is 1.75. The van der Waals surface area contributed by atoms with Gasteiger partial charge in [0.05, 0.1) is 0 Å². The van der Waals surface area contributed by atoms with Crippen molar-refractivity contribution in [2.45, 2.75) is 24.5 Å². The molecule has 9 heteroatoms. The molecule has 0 unspecified atom stereocenters. The third-order valence-corrected chi connectivity index (χ3v) is 2.64. The first-order valence-corrected chi connectivity index (χ1v) is 5.04. The first-order valence-electron chi connectivity index (χ1n) is 5.04. The average molecular weight is 257 g/mol. The largest absolute Gasteiger partial charge is 0.387 e. The zero-order valence-electron chi connectivity index (χ0n) is 9.02. The Balaban J connectivity index is 2.38. The van der Waals surface area contributed by atoms with Gasteiger partial charge in [-0.15, -0.1) is 0 Å². The Morgan fingerprint density at radius 3 is 2.56 bits per heavy atom. The van der Waals surface area contributed by atoms with E-state index in [0.717, 1.165) is 16.8 Å². The SMILES string of the molecule is NC(=O)[C@H]1O[C@@H](n2ccc(=O)[nH]c2=O)[C@H](O)[C@@H]1O. The predicted molar refractivity (Wildman–Crippen MR) is 56.4 cm³/mol. The molecule has 5 N–H and O–H groups in total. The van der Waals surface area contributed by atoms with E-state index in [0.29, 0.717) is 0 Å². The van der Waals surface area contributed by atoms with Crippen molar-refractivity contribution in [3.05, 3.63) is 33.1 Å². The summed E-state index contributed by atoms with van der Waals surface area (Å²) in [6.45, 7) is 0. The Labute approximate surface area is 99.4 Å². The average Bonchev–Trinajstić information content (AvgIpc) is 2.57. The van der Waals surface area contributed by atoms with Crippen molar-refractivity contribution in [2.24, 2.45) is 5.73 Å². The molecule has 4 atom stereocenters.